The Hall–Kier alpha value is -3.84. The van der Waals surface area contributed by atoms with E-state index in [0.29, 0.717) is 12.8 Å². The molecule has 0 aliphatic heterocycles. The van der Waals surface area contributed by atoms with E-state index in [1.807, 2.05) is 0 Å². The molecule has 2 aromatic rings. The zero-order valence-electron chi connectivity index (χ0n) is 21.4. The molecular formula is C26H34N4O8. The van der Waals surface area contributed by atoms with E-state index in [1.165, 1.54) is 0 Å². The summed E-state index contributed by atoms with van der Waals surface area (Å²) in [7, 11) is 0. The van der Waals surface area contributed by atoms with Crippen molar-refractivity contribution >= 4 is 23.9 Å². The Labute approximate surface area is 220 Å². The van der Waals surface area contributed by atoms with Gasteiger partial charge in [0.15, 0.2) is 23.0 Å². The predicted molar refractivity (Wildman–Crippen MR) is 137 cm³/mol. The van der Waals surface area contributed by atoms with Crippen molar-refractivity contribution in [2.75, 3.05) is 26.2 Å². The van der Waals surface area contributed by atoms with Crippen LogP contribution in [0.1, 0.15) is 25.0 Å². The molecule has 0 aromatic heterocycles. The van der Waals surface area contributed by atoms with Crippen molar-refractivity contribution in [2.45, 2.75) is 26.7 Å². The summed E-state index contributed by atoms with van der Waals surface area (Å²) >= 11 is 0. The molecule has 0 amide bonds. The maximum absolute atomic E-state index is 11.8. The number of benzene rings is 2. The number of ether oxygens (including phenoxy) is 4. The van der Waals surface area contributed by atoms with Crippen LogP contribution >= 0.6 is 0 Å². The van der Waals surface area contributed by atoms with Gasteiger partial charge in [0.05, 0.1) is 26.2 Å². The van der Waals surface area contributed by atoms with Gasteiger partial charge in [-0.15, -0.1) is 0 Å². The van der Waals surface area contributed by atoms with Gasteiger partial charge < -0.3 is 41.9 Å². The van der Waals surface area contributed by atoms with Gasteiger partial charge in [0, 0.05) is 0 Å². The second kappa shape index (κ2) is 14.8. The molecule has 0 aliphatic carbocycles. The molecule has 0 saturated carbocycles. The highest BCUT2D eigenvalue weighted by Crippen LogP contribution is 2.33. The highest BCUT2D eigenvalue weighted by atomic mass is 16.6. The van der Waals surface area contributed by atoms with E-state index in [1.54, 1.807) is 36.4 Å². The minimum Gasteiger partial charge on any atom is -0.422 e. The largest absolute Gasteiger partial charge is 0.422 e. The Bertz CT molecular complexity index is 1060. The molecule has 12 heteroatoms. The molecule has 2 rings (SSSR count). The molecule has 38 heavy (non-hydrogen) atoms. The monoisotopic (exact) mass is 530 g/mol. The Kier molecular flexibility index (Phi) is 11.8. The average molecular weight is 531 g/mol. The van der Waals surface area contributed by atoms with E-state index in [4.69, 9.17) is 41.9 Å². The van der Waals surface area contributed by atoms with Gasteiger partial charge in [0.25, 0.3) is 0 Å². The van der Waals surface area contributed by atoms with Gasteiger partial charge >= 0.3 is 23.9 Å². The number of esters is 4. The topological polar surface area (TPSA) is 209 Å². The Morgan fingerprint density at radius 2 is 0.842 bits per heavy atom. The van der Waals surface area contributed by atoms with E-state index < -0.39 is 23.9 Å². The zero-order valence-corrected chi connectivity index (χ0v) is 21.4. The number of carbonyl (C=O) groups excluding carboxylic acids is 4. The van der Waals surface area contributed by atoms with Crippen LogP contribution < -0.4 is 41.9 Å². The molecule has 0 spiro atoms. The first-order chi connectivity index (χ1) is 18.1. The lowest BCUT2D eigenvalue weighted by atomic mass is 9.85. The summed E-state index contributed by atoms with van der Waals surface area (Å²) < 4.78 is 20.8. The average Bonchev–Trinajstić information content (AvgIpc) is 2.90. The molecule has 206 valence electrons. The Morgan fingerprint density at radius 3 is 1.13 bits per heavy atom. The van der Waals surface area contributed by atoms with Crippen LogP contribution in [-0.4, -0.2) is 50.1 Å². The van der Waals surface area contributed by atoms with Crippen LogP contribution in [0.3, 0.4) is 0 Å². The Balaban J connectivity index is 2.18. The maximum atomic E-state index is 11.8. The van der Waals surface area contributed by atoms with Gasteiger partial charge in [-0.1, -0.05) is 26.0 Å². The van der Waals surface area contributed by atoms with E-state index in [-0.39, 0.29) is 61.0 Å². The van der Waals surface area contributed by atoms with Crippen LogP contribution in [0.25, 0.3) is 0 Å². The first kappa shape index (κ1) is 30.4. The van der Waals surface area contributed by atoms with E-state index in [2.05, 4.69) is 13.8 Å². The highest BCUT2D eigenvalue weighted by Gasteiger charge is 2.19. The minimum atomic E-state index is -0.680. The van der Waals surface area contributed by atoms with Gasteiger partial charge in [-0.3, -0.25) is 19.2 Å². The minimum absolute atomic E-state index is 0.0710. The molecule has 0 bridgehead atoms. The first-order valence-corrected chi connectivity index (χ1v) is 12.0. The standard InChI is InChI=1S/C26H34N4O8/c1-15(7-17-3-5-19(35-23(31)11-27)21(9-17)37-25(33)13-29)16(2)8-18-4-6-20(36-24(32)12-28)22(10-18)38-26(34)14-30/h3-6,9-10,15-16H,7-8,11-14,27-30H2,1-2H3/t15-,16+. The summed E-state index contributed by atoms with van der Waals surface area (Å²) in [6.45, 7) is 2.79. The van der Waals surface area contributed by atoms with Gasteiger partial charge in [0.2, 0.25) is 0 Å². The molecule has 8 N–H and O–H groups in total. The number of hydrogen-bond donors (Lipinski definition) is 4. The predicted octanol–water partition coefficient (Wildman–Crippen LogP) is 0.200. The third-order valence-electron chi connectivity index (χ3n) is 5.66. The molecule has 12 nitrogen and oxygen atoms in total. The van der Waals surface area contributed by atoms with Crippen molar-refractivity contribution < 1.29 is 38.1 Å². The van der Waals surface area contributed by atoms with E-state index >= 15 is 0 Å². The van der Waals surface area contributed by atoms with Crippen molar-refractivity contribution in [3.63, 3.8) is 0 Å². The molecule has 2 atom stereocenters. The van der Waals surface area contributed by atoms with E-state index in [0.717, 1.165) is 11.1 Å². The fourth-order valence-corrected chi connectivity index (χ4v) is 3.49. The quantitative estimate of drug-likeness (QED) is 0.202. The smallest absolute Gasteiger partial charge is 0.325 e. The number of carbonyl (C=O) groups is 4. The van der Waals surface area contributed by atoms with Crippen molar-refractivity contribution in [3.05, 3.63) is 47.5 Å². The summed E-state index contributed by atoms with van der Waals surface area (Å²) in [6.07, 6.45) is 1.22. The van der Waals surface area contributed by atoms with Gasteiger partial charge in [-0.25, -0.2) is 0 Å². The lowest BCUT2D eigenvalue weighted by Crippen LogP contribution is -2.22. The van der Waals surface area contributed by atoms with Gasteiger partial charge in [-0.05, 0) is 60.1 Å². The van der Waals surface area contributed by atoms with Crippen LogP contribution in [0.4, 0.5) is 0 Å². The highest BCUT2D eigenvalue weighted by molar-refractivity contribution is 5.78. The molecule has 2 aromatic carbocycles. The van der Waals surface area contributed by atoms with Crippen LogP contribution in [0.5, 0.6) is 23.0 Å². The zero-order chi connectivity index (χ0) is 28.2. The van der Waals surface area contributed by atoms with Crippen LogP contribution in [0, 0.1) is 11.8 Å². The van der Waals surface area contributed by atoms with Crippen molar-refractivity contribution in [3.8, 4) is 23.0 Å². The molecule has 0 heterocycles. The number of rotatable bonds is 13. The molecular weight excluding hydrogens is 496 g/mol. The number of hydrogen-bond acceptors (Lipinski definition) is 12. The molecule has 0 aliphatic rings. The summed E-state index contributed by atoms with van der Waals surface area (Å²) in [5.74, 6) is -2.12. The molecule has 0 fully saturated rings. The van der Waals surface area contributed by atoms with Crippen LogP contribution in [-0.2, 0) is 32.0 Å². The second-order valence-corrected chi connectivity index (χ2v) is 8.64. The Morgan fingerprint density at radius 1 is 0.553 bits per heavy atom. The second-order valence-electron chi connectivity index (χ2n) is 8.64. The van der Waals surface area contributed by atoms with Crippen molar-refractivity contribution in [2.24, 2.45) is 34.8 Å². The van der Waals surface area contributed by atoms with Crippen LogP contribution in [0.15, 0.2) is 36.4 Å². The third-order valence-corrected chi connectivity index (χ3v) is 5.66. The van der Waals surface area contributed by atoms with Crippen molar-refractivity contribution in [1.29, 1.82) is 0 Å². The maximum Gasteiger partial charge on any atom is 0.325 e. The van der Waals surface area contributed by atoms with Crippen LogP contribution in [0.2, 0.25) is 0 Å². The number of nitrogens with two attached hydrogens (primary N) is 4. The molecule has 0 radical (unpaired) electrons. The van der Waals surface area contributed by atoms with Gasteiger partial charge in [-0.2, -0.15) is 0 Å². The van der Waals surface area contributed by atoms with Gasteiger partial charge in [0.1, 0.15) is 0 Å². The summed E-state index contributed by atoms with van der Waals surface area (Å²) in [6, 6.07) is 9.87. The summed E-state index contributed by atoms with van der Waals surface area (Å²) in [5, 5.41) is 0. The lowest BCUT2D eigenvalue weighted by Gasteiger charge is -2.21. The molecule has 0 saturated heterocycles. The third kappa shape index (κ3) is 9.23. The SMILES string of the molecule is C[C@H](Cc1ccc(OC(=O)CN)c(OC(=O)CN)c1)[C@@H](C)Cc1ccc(OC(=O)CN)c(OC(=O)CN)c1. The normalized spacial score (nSPS) is 12.3. The lowest BCUT2D eigenvalue weighted by molar-refractivity contribution is -0.135. The summed E-state index contributed by atoms with van der Waals surface area (Å²) in [5.41, 5.74) is 23.0. The molecule has 0 unspecified atom stereocenters. The fourth-order valence-electron chi connectivity index (χ4n) is 3.49. The summed E-state index contributed by atoms with van der Waals surface area (Å²) in [4.78, 5) is 46.8. The van der Waals surface area contributed by atoms with E-state index in [9.17, 15) is 19.2 Å². The fraction of sp³-hybridized carbons (Fsp3) is 0.385. The van der Waals surface area contributed by atoms with Crippen molar-refractivity contribution in [1.82, 2.24) is 0 Å². The first-order valence-electron chi connectivity index (χ1n) is 12.0.